The summed E-state index contributed by atoms with van der Waals surface area (Å²) in [7, 11) is 0. The average Bonchev–Trinajstić information content (AvgIpc) is 2.25. The fourth-order valence-corrected chi connectivity index (χ4v) is 1.10. The number of para-hydroxylation sites is 1. The van der Waals surface area contributed by atoms with E-state index in [9.17, 15) is 14.9 Å². The van der Waals surface area contributed by atoms with E-state index in [0.29, 0.717) is 5.56 Å². The van der Waals surface area contributed by atoms with E-state index in [4.69, 9.17) is 9.84 Å². The number of aliphatic carboxylic acids is 1. The van der Waals surface area contributed by atoms with Crippen LogP contribution in [0.2, 0.25) is 0 Å². The molecule has 1 atom stereocenters. The molecule has 1 aromatic rings. The molecule has 86 valence electrons. The van der Waals surface area contributed by atoms with Crippen molar-refractivity contribution >= 4 is 11.7 Å². The van der Waals surface area contributed by atoms with E-state index >= 15 is 0 Å². The zero-order valence-electron chi connectivity index (χ0n) is 8.62. The summed E-state index contributed by atoms with van der Waals surface area (Å²) in [5, 5.41) is 19.2. The first-order valence-electron chi connectivity index (χ1n) is 4.59. The van der Waals surface area contributed by atoms with Crippen molar-refractivity contribution in [3.05, 3.63) is 39.9 Å². The third-order valence-corrected chi connectivity index (χ3v) is 2.02. The van der Waals surface area contributed by atoms with Crippen LogP contribution in [-0.2, 0) is 16.1 Å². The predicted octanol–water partition coefficient (Wildman–Crippen LogP) is 1.58. The molecule has 0 radical (unpaired) electrons. The normalized spacial score (nSPS) is 12.1. The molecule has 0 heterocycles. The van der Waals surface area contributed by atoms with Gasteiger partial charge >= 0.3 is 5.97 Å². The molecule has 0 fully saturated rings. The van der Waals surface area contributed by atoms with Gasteiger partial charge in [-0.2, -0.15) is 0 Å². The Hall–Kier alpha value is -1.95. The van der Waals surface area contributed by atoms with Gasteiger partial charge in [-0.05, 0) is 13.0 Å². The largest absolute Gasteiger partial charge is 0.479 e. The van der Waals surface area contributed by atoms with Crippen molar-refractivity contribution in [1.29, 1.82) is 0 Å². The number of carbonyl (C=O) groups is 1. The van der Waals surface area contributed by atoms with Crippen LogP contribution in [0.3, 0.4) is 0 Å². The zero-order valence-corrected chi connectivity index (χ0v) is 8.62. The van der Waals surface area contributed by atoms with Crippen molar-refractivity contribution in [3.63, 3.8) is 0 Å². The average molecular weight is 225 g/mol. The molecule has 0 saturated heterocycles. The minimum absolute atomic E-state index is 0.0694. The SMILES string of the molecule is C[C@@H](OCc1ccccc1[N+](=O)[O-])C(=O)O. The third kappa shape index (κ3) is 3.03. The highest BCUT2D eigenvalue weighted by molar-refractivity contribution is 5.71. The van der Waals surface area contributed by atoms with Crippen LogP contribution < -0.4 is 0 Å². The van der Waals surface area contributed by atoms with Crippen LogP contribution in [0.25, 0.3) is 0 Å². The number of hydrogen-bond acceptors (Lipinski definition) is 4. The number of carboxylic acid groups (broad SMARTS) is 1. The molecular weight excluding hydrogens is 214 g/mol. The number of rotatable bonds is 5. The monoisotopic (exact) mass is 225 g/mol. The Morgan fingerprint density at radius 2 is 2.19 bits per heavy atom. The van der Waals surface area contributed by atoms with Gasteiger partial charge in [-0.3, -0.25) is 10.1 Å². The quantitative estimate of drug-likeness (QED) is 0.607. The Labute approximate surface area is 91.6 Å². The molecule has 0 aliphatic carbocycles. The van der Waals surface area contributed by atoms with Crippen molar-refractivity contribution in [2.75, 3.05) is 0 Å². The van der Waals surface area contributed by atoms with Crippen molar-refractivity contribution < 1.29 is 19.6 Å². The summed E-state index contributed by atoms with van der Waals surface area (Å²) in [5.41, 5.74) is 0.292. The maximum Gasteiger partial charge on any atom is 0.332 e. The summed E-state index contributed by atoms with van der Waals surface area (Å²) in [4.78, 5) is 20.6. The minimum atomic E-state index is -1.10. The van der Waals surface area contributed by atoms with E-state index in [1.165, 1.54) is 19.1 Å². The lowest BCUT2D eigenvalue weighted by Crippen LogP contribution is -2.19. The summed E-state index contributed by atoms with van der Waals surface area (Å²) < 4.78 is 4.98. The van der Waals surface area contributed by atoms with Gasteiger partial charge in [-0.1, -0.05) is 12.1 Å². The number of nitrogens with zero attached hydrogens (tertiary/aromatic N) is 1. The highest BCUT2D eigenvalue weighted by Crippen LogP contribution is 2.18. The van der Waals surface area contributed by atoms with Crippen LogP contribution in [0.1, 0.15) is 12.5 Å². The molecule has 0 saturated carbocycles. The fourth-order valence-electron chi connectivity index (χ4n) is 1.10. The zero-order chi connectivity index (χ0) is 12.1. The molecule has 6 heteroatoms. The Morgan fingerprint density at radius 3 is 2.75 bits per heavy atom. The number of nitro groups is 1. The molecule has 16 heavy (non-hydrogen) atoms. The van der Waals surface area contributed by atoms with Crippen molar-refractivity contribution in [2.24, 2.45) is 0 Å². The number of ether oxygens (including phenoxy) is 1. The number of nitro benzene ring substituents is 1. The molecule has 0 unspecified atom stereocenters. The van der Waals surface area contributed by atoms with Crippen molar-refractivity contribution in [3.8, 4) is 0 Å². The predicted molar refractivity (Wildman–Crippen MR) is 55.0 cm³/mol. The molecule has 0 amide bonds. The molecule has 6 nitrogen and oxygen atoms in total. The molecule has 0 spiro atoms. The number of carboxylic acids is 1. The van der Waals surface area contributed by atoms with E-state index in [0.717, 1.165) is 0 Å². The van der Waals surface area contributed by atoms with Gasteiger partial charge in [0.25, 0.3) is 5.69 Å². The van der Waals surface area contributed by atoms with Crippen LogP contribution in [0, 0.1) is 10.1 Å². The third-order valence-electron chi connectivity index (χ3n) is 2.02. The summed E-state index contributed by atoms with van der Waals surface area (Å²) >= 11 is 0. The lowest BCUT2D eigenvalue weighted by molar-refractivity contribution is -0.386. The standard InChI is InChI=1S/C10H11NO5/c1-7(10(12)13)16-6-8-4-2-3-5-9(8)11(14)15/h2-5,7H,6H2,1H3,(H,12,13)/t7-/m1/s1. The second kappa shape index (κ2) is 5.22. The van der Waals surface area contributed by atoms with Gasteiger partial charge in [0.05, 0.1) is 17.1 Å². The highest BCUT2D eigenvalue weighted by atomic mass is 16.6. The molecule has 1 N–H and O–H groups in total. The molecule has 0 aliphatic heterocycles. The summed E-state index contributed by atoms with van der Waals surface area (Å²) in [6.45, 7) is 1.28. The van der Waals surface area contributed by atoms with Gasteiger partial charge in [-0.25, -0.2) is 4.79 Å². The van der Waals surface area contributed by atoms with Crippen molar-refractivity contribution in [2.45, 2.75) is 19.6 Å². The van der Waals surface area contributed by atoms with Crippen LogP contribution >= 0.6 is 0 Å². The molecule has 1 aromatic carbocycles. The topological polar surface area (TPSA) is 89.7 Å². The molecular formula is C10H11NO5. The Kier molecular flexibility index (Phi) is 3.96. The lowest BCUT2D eigenvalue weighted by atomic mass is 10.2. The maximum absolute atomic E-state index is 10.6. The summed E-state index contributed by atoms with van der Waals surface area (Å²) in [6, 6.07) is 6.07. The lowest BCUT2D eigenvalue weighted by Gasteiger charge is -2.08. The van der Waals surface area contributed by atoms with Gasteiger partial charge < -0.3 is 9.84 Å². The highest BCUT2D eigenvalue weighted by Gasteiger charge is 2.16. The Balaban J connectivity index is 2.74. The van der Waals surface area contributed by atoms with E-state index in [-0.39, 0.29) is 12.3 Å². The molecule has 1 rings (SSSR count). The maximum atomic E-state index is 10.6. The molecule has 0 bridgehead atoms. The summed E-state index contributed by atoms with van der Waals surface area (Å²) in [5.74, 6) is -1.10. The number of hydrogen-bond donors (Lipinski definition) is 1. The number of benzene rings is 1. The van der Waals surface area contributed by atoms with Gasteiger partial charge in [0.1, 0.15) is 0 Å². The fraction of sp³-hybridized carbons (Fsp3) is 0.300. The van der Waals surface area contributed by atoms with Gasteiger partial charge in [0, 0.05) is 6.07 Å². The Bertz CT molecular complexity index is 404. The second-order valence-electron chi connectivity index (χ2n) is 3.18. The molecule has 0 aromatic heterocycles. The van der Waals surface area contributed by atoms with Crippen LogP contribution in [0.4, 0.5) is 5.69 Å². The van der Waals surface area contributed by atoms with Gasteiger partial charge in [0.2, 0.25) is 0 Å². The van der Waals surface area contributed by atoms with Gasteiger partial charge in [-0.15, -0.1) is 0 Å². The van der Waals surface area contributed by atoms with Gasteiger partial charge in [0.15, 0.2) is 6.10 Å². The van der Waals surface area contributed by atoms with E-state index in [1.807, 2.05) is 0 Å². The molecule has 0 aliphatic rings. The van der Waals surface area contributed by atoms with E-state index in [2.05, 4.69) is 0 Å². The van der Waals surface area contributed by atoms with E-state index < -0.39 is 17.0 Å². The van der Waals surface area contributed by atoms with E-state index in [1.54, 1.807) is 12.1 Å². The van der Waals surface area contributed by atoms with Crippen molar-refractivity contribution in [1.82, 2.24) is 0 Å². The minimum Gasteiger partial charge on any atom is -0.479 e. The second-order valence-corrected chi connectivity index (χ2v) is 3.18. The summed E-state index contributed by atoms with van der Waals surface area (Å²) in [6.07, 6.45) is -0.986. The van der Waals surface area contributed by atoms with Crippen LogP contribution in [0.15, 0.2) is 24.3 Å². The van der Waals surface area contributed by atoms with Crippen LogP contribution in [-0.4, -0.2) is 22.1 Å². The first-order chi connectivity index (χ1) is 7.52. The Morgan fingerprint density at radius 1 is 1.56 bits per heavy atom. The first-order valence-corrected chi connectivity index (χ1v) is 4.59. The smallest absolute Gasteiger partial charge is 0.332 e. The first kappa shape index (κ1) is 12.1. The van der Waals surface area contributed by atoms with Crippen LogP contribution in [0.5, 0.6) is 0 Å².